The number of aromatic nitrogens is 1. The normalized spacial score (nSPS) is 13.2. The van der Waals surface area contributed by atoms with E-state index in [1.165, 1.54) is 18.3 Å². The number of thiazole rings is 1. The first-order chi connectivity index (χ1) is 6.50. The molecule has 0 bridgehead atoms. The molecule has 0 fully saturated rings. The third-order valence-electron chi connectivity index (χ3n) is 1.86. The van der Waals surface area contributed by atoms with Crippen LogP contribution in [0.15, 0.2) is 5.38 Å². The number of Topliss-reactive ketones (excluding diaryl/α,β-unsaturated/α-hetero) is 1. The average molecular weight is 213 g/mol. The van der Waals surface area contributed by atoms with E-state index in [0.29, 0.717) is 23.0 Å². The van der Waals surface area contributed by atoms with Crippen molar-refractivity contribution in [3.8, 4) is 0 Å². The van der Waals surface area contributed by atoms with Crippen molar-refractivity contribution in [1.29, 1.82) is 0 Å². The number of hydrogen-bond donors (Lipinski definition) is 1. The lowest BCUT2D eigenvalue weighted by molar-refractivity contribution is 0.101. The van der Waals surface area contributed by atoms with Gasteiger partial charge >= 0.3 is 0 Å². The van der Waals surface area contributed by atoms with Crippen LogP contribution in [0.3, 0.4) is 0 Å². The Kier molecular flexibility index (Phi) is 3.77. The number of carbonyl (C=O) groups is 1. The van der Waals surface area contributed by atoms with Gasteiger partial charge in [-0.15, -0.1) is 11.3 Å². The summed E-state index contributed by atoms with van der Waals surface area (Å²) in [4.78, 5) is 15.0. The molecule has 1 N–H and O–H groups in total. The molecule has 1 atom stereocenters. The van der Waals surface area contributed by atoms with Crippen molar-refractivity contribution >= 4 is 17.1 Å². The van der Waals surface area contributed by atoms with Crippen LogP contribution >= 0.6 is 11.3 Å². The van der Waals surface area contributed by atoms with Gasteiger partial charge in [-0.1, -0.05) is 13.8 Å². The fourth-order valence-corrected chi connectivity index (χ4v) is 2.01. The minimum Gasteiger partial charge on any atom is -0.386 e. The lowest BCUT2D eigenvalue weighted by atomic mass is 10.1. The number of aliphatic hydroxyl groups excluding tert-OH is 1. The summed E-state index contributed by atoms with van der Waals surface area (Å²) >= 11 is 1.35. The van der Waals surface area contributed by atoms with Gasteiger partial charge in [0.25, 0.3) is 0 Å². The summed E-state index contributed by atoms with van der Waals surface area (Å²) in [5, 5.41) is 12.1. The van der Waals surface area contributed by atoms with Crippen molar-refractivity contribution in [2.45, 2.75) is 33.3 Å². The molecule has 0 aliphatic carbocycles. The van der Waals surface area contributed by atoms with Gasteiger partial charge in [-0.3, -0.25) is 4.79 Å². The van der Waals surface area contributed by atoms with E-state index < -0.39 is 6.10 Å². The van der Waals surface area contributed by atoms with Crippen LogP contribution in [0, 0.1) is 5.92 Å². The molecule has 0 saturated heterocycles. The molecule has 1 aromatic heterocycles. The minimum absolute atomic E-state index is 0.0516. The fourth-order valence-electron chi connectivity index (χ4n) is 1.15. The van der Waals surface area contributed by atoms with E-state index in [0.717, 1.165) is 0 Å². The molecular weight excluding hydrogens is 198 g/mol. The summed E-state index contributed by atoms with van der Waals surface area (Å²) < 4.78 is 0. The van der Waals surface area contributed by atoms with Gasteiger partial charge in [0.1, 0.15) is 16.8 Å². The molecule has 0 saturated carbocycles. The Morgan fingerprint density at radius 1 is 1.64 bits per heavy atom. The Morgan fingerprint density at radius 3 is 2.71 bits per heavy atom. The van der Waals surface area contributed by atoms with Gasteiger partial charge in [-0.05, 0) is 12.3 Å². The third-order valence-corrected chi connectivity index (χ3v) is 2.81. The Balaban J connectivity index is 2.71. The summed E-state index contributed by atoms with van der Waals surface area (Å²) in [6.07, 6.45) is 0.151. The van der Waals surface area contributed by atoms with E-state index in [1.807, 2.05) is 13.8 Å². The topological polar surface area (TPSA) is 50.2 Å². The molecule has 1 aromatic rings. The van der Waals surface area contributed by atoms with E-state index in [4.69, 9.17) is 0 Å². The highest BCUT2D eigenvalue weighted by atomic mass is 32.1. The molecule has 0 spiro atoms. The fraction of sp³-hybridized carbons (Fsp3) is 0.600. The zero-order valence-corrected chi connectivity index (χ0v) is 9.47. The number of rotatable bonds is 4. The molecule has 1 rings (SSSR count). The Labute approximate surface area is 87.8 Å². The quantitative estimate of drug-likeness (QED) is 0.781. The van der Waals surface area contributed by atoms with Gasteiger partial charge in [0.2, 0.25) is 0 Å². The van der Waals surface area contributed by atoms with Crippen LogP contribution in [0.4, 0.5) is 0 Å². The van der Waals surface area contributed by atoms with E-state index >= 15 is 0 Å². The van der Waals surface area contributed by atoms with Gasteiger partial charge in [-0.2, -0.15) is 0 Å². The second-order valence-corrected chi connectivity index (χ2v) is 4.66. The van der Waals surface area contributed by atoms with Crippen molar-refractivity contribution in [3.05, 3.63) is 16.1 Å². The van der Waals surface area contributed by atoms with Crippen LogP contribution in [0.1, 0.15) is 48.8 Å². The highest BCUT2D eigenvalue weighted by Crippen LogP contribution is 2.24. The van der Waals surface area contributed by atoms with E-state index in [2.05, 4.69) is 4.98 Å². The lowest BCUT2D eigenvalue weighted by Crippen LogP contribution is -2.02. The van der Waals surface area contributed by atoms with Crippen LogP contribution in [0.2, 0.25) is 0 Å². The number of hydrogen-bond acceptors (Lipinski definition) is 4. The van der Waals surface area contributed by atoms with Crippen molar-refractivity contribution in [3.63, 3.8) is 0 Å². The second-order valence-electron chi connectivity index (χ2n) is 3.77. The van der Waals surface area contributed by atoms with Gasteiger partial charge in [0.05, 0.1) is 0 Å². The molecule has 0 aliphatic heterocycles. The van der Waals surface area contributed by atoms with E-state index in [-0.39, 0.29) is 5.78 Å². The zero-order valence-electron chi connectivity index (χ0n) is 8.65. The van der Waals surface area contributed by atoms with Crippen molar-refractivity contribution < 1.29 is 9.90 Å². The summed E-state index contributed by atoms with van der Waals surface area (Å²) in [5.41, 5.74) is 0.452. The maximum Gasteiger partial charge on any atom is 0.178 e. The van der Waals surface area contributed by atoms with Crippen LogP contribution < -0.4 is 0 Å². The van der Waals surface area contributed by atoms with Crippen LogP contribution in [0.25, 0.3) is 0 Å². The molecule has 4 heteroatoms. The van der Waals surface area contributed by atoms with Gasteiger partial charge in [0.15, 0.2) is 5.78 Å². The molecule has 1 heterocycles. The van der Waals surface area contributed by atoms with Gasteiger partial charge < -0.3 is 5.11 Å². The lowest BCUT2D eigenvalue weighted by Gasteiger charge is -2.09. The van der Waals surface area contributed by atoms with Gasteiger partial charge in [0, 0.05) is 12.3 Å². The predicted octanol–water partition coefficient (Wildman–Crippen LogP) is 2.43. The molecule has 0 radical (unpaired) electrons. The van der Waals surface area contributed by atoms with Crippen molar-refractivity contribution in [2.75, 3.05) is 0 Å². The smallest absolute Gasteiger partial charge is 0.178 e. The molecule has 0 aliphatic rings. The predicted molar refractivity (Wildman–Crippen MR) is 56.5 cm³/mol. The second kappa shape index (κ2) is 4.66. The number of ketones is 1. The first kappa shape index (κ1) is 11.3. The van der Waals surface area contributed by atoms with Crippen LogP contribution in [-0.2, 0) is 0 Å². The number of carbonyl (C=O) groups excluding carboxylic acids is 1. The zero-order chi connectivity index (χ0) is 10.7. The molecule has 3 nitrogen and oxygen atoms in total. The number of nitrogens with zero attached hydrogens (tertiary/aromatic N) is 1. The first-order valence-electron chi connectivity index (χ1n) is 4.65. The standard InChI is InChI=1S/C10H15NO2S/c1-6(2)4-9(13)10-11-8(5-14-10)7(3)12/h5-6,9,13H,4H2,1-3H3. The molecule has 14 heavy (non-hydrogen) atoms. The summed E-state index contributed by atoms with van der Waals surface area (Å²) in [5.74, 6) is 0.374. The van der Waals surface area contributed by atoms with Crippen LogP contribution in [-0.4, -0.2) is 15.9 Å². The first-order valence-corrected chi connectivity index (χ1v) is 5.53. The van der Waals surface area contributed by atoms with Gasteiger partial charge in [-0.25, -0.2) is 4.98 Å². The third kappa shape index (κ3) is 2.89. The molecule has 1 unspecified atom stereocenters. The van der Waals surface area contributed by atoms with E-state index in [9.17, 15) is 9.90 Å². The molecule has 0 aromatic carbocycles. The summed E-state index contributed by atoms with van der Waals surface area (Å²) in [6, 6.07) is 0. The van der Waals surface area contributed by atoms with Crippen LogP contribution in [0.5, 0.6) is 0 Å². The molecule has 0 amide bonds. The minimum atomic E-state index is -0.534. The Hall–Kier alpha value is -0.740. The largest absolute Gasteiger partial charge is 0.386 e. The average Bonchev–Trinajstić information content (AvgIpc) is 2.50. The maximum atomic E-state index is 11.0. The summed E-state index contributed by atoms with van der Waals surface area (Å²) in [6.45, 7) is 5.57. The van der Waals surface area contributed by atoms with Crippen molar-refractivity contribution in [2.24, 2.45) is 5.92 Å². The summed E-state index contributed by atoms with van der Waals surface area (Å²) in [7, 11) is 0. The molecule has 78 valence electrons. The van der Waals surface area contributed by atoms with E-state index in [1.54, 1.807) is 5.38 Å². The maximum absolute atomic E-state index is 11.0. The highest BCUT2D eigenvalue weighted by molar-refractivity contribution is 7.09. The Bertz CT molecular complexity index is 320. The highest BCUT2D eigenvalue weighted by Gasteiger charge is 2.15. The SMILES string of the molecule is CC(=O)c1csc(C(O)CC(C)C)n1. The van der Waals surface area contributed by atoms with Crippen molar-refractivity contribution in [1.82, 2.24) is 4.98 Å². The molecular formula is C10H15NO2S. The number of aliphatic hydroxyl groups is 1. The monoisotopic (exact) mass is 213 g/mol. The Morgan fingerprint density at radius 2 is 2.29 bits per heavy atom.